The molecule has 1 amide bonds. The lowest BCUT2D eigenvalue weighted by Gasteiger charge is -2.24. The number of carboxylic acid groups (broad SMARTS) is 1. The average Bonchev–Trinajstić information content (AvgIpc) is 2.49. The normalized spacial score (nSPS) is 21.0. The van der Waals surface area contributed by atoms with Gasteiger partial charge in [0, 0.05) is 6.54 Å². The van der Waals surface area contributed by atoms with E-state index < -0.39 is 17.8 Å². The van der Waals surface area contributed by atoms with E-state index in [2.05, 4.69) is 5.32 Å². The van der Waals surface area contributed by atoms with Gasteiger partial charge in [0.25, 0.3) is 0 Å². The molecule has 0 spiro atoms. The van der Waals surface area contributed by atoms with Gasteiger partial charge in [0.15, 0.2) is 0 Å². The molecule has 0 bridgehead atoms. The van der Waals surface area contributed by atoms with E-state index >= 15 is 0 Å². The predicted octanol–water partition coefficient (Wildman–Crippen LogP) is 2.15. The van der Waals surface area contributed by atoms with Gasteiger partial charge in [0.05, 0.1) is 11.8 Å². The summed E-state index contributed by atoms with van der Waals surface area (Å²) in [6.07, 6.45) is 5.10. The second-order valence-corrected chi connectivity index (χ2v) is 5.16. The molecular formula is C16H18FNO3. The Kier molecular flexibility index (Phi) is 5.09. The minimum atomic E-state index is -0.932. The van der Waals surface area contributed by atoms with Gasteiger partial charge in [-0.15, -0.1) is 0 Å². The van der Waals surface area contributed by atoms with Crippen LogP contribution in [0.3, 0.4) is 0 Å². The van der Waals surface area contributed by atoms with Crippen LogP contribution in [0, 0.1) is 17.7 Å². The Labute approximate surface area is 122 Å². The molecule has 5 heteroatoms. The molecule has 2 N–H and O–H groups in total. The van der Waals surface area contributed by atoms with E-state index in [1.54, 1.807) is 18.2 Å². The summed E-state index contributed by atoms with van der Waals surface area (Å²) in [5.41, 5.74) is 0.926. The largest absolute Gasteiger partial charge is 0.481 e. The van der Waals surface area contributed by atoms with Crippen molar-refractivity contribution in [1.82, 2.24) is 5.32 Å². The number of benzene rings is 1. The van der Waals surface area contributed by atoms with Gasteiger partial charge in [-0.1, -0.05) is 24.3 Å². The third-order valence-corrected chi connectivity index (χ3v) is 3.71. The van der Waals surface area contributed by atoms with Crippen molar-refractivity contribution in [3.8, 4) is 0 Å². The first-order valence-corrected chi connectivity index (χ1v) is 6.98. The highest BCUT2D eigenvalue weighted by Gasteiger charge is 2.33. The topological polar surface area (TPSA) is 66.4 Å². The van der Waals surface area contributed by atoms with Gasteiger partial charge < -0.3 is 10.4 Å². The van der Waals surface area contributed by atoms with Crippen LogP contribution in [-0.4, -0.2) is 23.5 Å². The van der Waals surface area contributed by atoms with E-state index in [0.717, 1.165) is 5.56 Å². The van der Waals surface area contributed by atoms with Crippen LogP contribution in [0.5, 0.6) is 0 Å². The molecule has 1 aromatic carbocycles. The zero-order valence-corrected chi connectivity index (χ0v) is 11.6. The molecule has 0 radical (unpaired) electrons. The molecule has 2 atom stereocenters. The molecule has 0 heterocycles. The van der Waals surface area contributed by atoms with Gasteiger partial charge in [-0.05, 0) is 37.0 Å². The van der Waals surface area contributed by atoms with Gasteiger partial charge in [-0.3, -0.25) is 9.59 Å². The zero-order valence-electron chi connectivity index (χ0n) is 11.6. The number of carbonyl (C=O) groups excluding carboxylic acids is 1. The van der Waals surface area contributed by atoms with E-state index in [1.165, 1.54) is 12.1 Å². The van der Waals surface area contributed by atoms with Gasteiger partial charge >= 0.3 is 5.97 Å². The lowest BCUT2D eigenvalue weighted by Crippen LogP contribution is -2.39. The molecular weight excluding hydrogens is 273 g/mol. The molecule has 0 saturated carbocycles. The van der Waals surface area contributed by atoms with Gasteiger partial charge in [0.2, 0.25) is 5.91 Å². The minimum absolute atomic E-state index is 0.228. The zero-order chi connectivity index (χ0) is 15.2. The Morgan fingerprint density at radius 1 is 1.14 bits per heavy atom. The monoisotopic (exact) mass is 291 g/mol. The minimum Gasteiger partial charge on any atom is -0.481 e. The lowest BCUT2D eigenvalue weighted by atomic mass is 9.82. The third-order valence-electron chi connectivity index (χ3n) is 3.71. The summed E-state index contributed by atoms with van der Waals surface area (Å²) in [5.74, 6) is -2.62. The van der Waals surface area contributed by atoms with Crippen LogP contribution >= 0.6 is 0 Å². The van der Waals surface area contributed by atoms with Crippen LogP contribution < -0.4 is 5.32 Å². The highest BCUT2D eigenvalue weighted by atomic mass is 19.1. The molecule has 21 heavy (non-hydrogen) atoms. The number of allylic oxidation sites excluding steroid dienone is 2. The average molecular weight is 291 g/mol. The Bertz CT molecular complexity index is 539. The van der Waals surface area contributed by atoms with Crippen LogP contribution in [0.4, 0.5) is 4.39 Å². The molecule has 1 aliphatic rings. The maximum absolute atomic E-state index is 12.8. The summed E-state index contributed by atoms with van der Waals surface area (Å²) in [6, 6.07) is 6.10. The quantitative estimate of drug-likeness (QED) is 0.817. The molecule has 1 aromatic rings. The molecule has 0 aliphatic heterocycles. The highest BCUT2D eigenvalue weighted by molar-refractivity contribution is 5.85. The third kappa shape index (κ3) is 4.15. The number of halogens is 1. The van der Waals surface area contributed by atoms with Gasteiger partial charge in [0.1, 0.15) is 5.82 Å². The fourth-order valence-electron chi connectivity index (χ4n) is 2.49. The van der Waals surface area contributed by atoms with Crippen molar-refractivity contribution >= 4 is 11.9 Å². The Morgan fingerprint density at radius 3 is 2.38 bits per heavy atom. The standard InChI is InChI=1S/C16H18FNO3/c17-12-7-5-11(6-8-12)9-10-18-15(19)13-3-1-2-4-14(13)16(20)21/h1-2,5-8,13-14H,3-4,9-10H2,(H,18,19)(H,20,21)/t13-,14+/m0/s1. The fourth-order valence-corrected chi connectivity index (χ4v) is 2.49. The summed E-state index contributed by atoms with van der Waals surface area (Å²) in [7, 11) is 0. The molecule has 0 fully saturated rings. The van der Waals surface area contributed by atoms with Gasteiger partial charge in [-0.2, -0.15) is 0 Å². The van der Waals surface area contributed by atoms with Crippen LogP contribution in [0.15, 0.2) is 36.4 Å². The number of carbonyl (C=O) groups is 2. The van der Waals surface area contributed by atoms with Crippen LogP contribution in [0.1, 0.15) is 18.4 Å². The summed E-state index contributed by atoms with van der Waals surface area (Å²) in [5, 5.41) is 11.9. The lowest BCUT2D eigenvalue weighted by molar-refractivity contribution is -0.147. The summed E-state index contributed by atoms with van der Waals surface area (Å²) in [4.78, 5) is 23.2. The van der Waals surface area contributed by atoms with Crippen molar-refractivity contribution in [3.05, 3.63) is 47.8 Å². The highest BCUT2D eigenvalue weighted by Crippen LogP contribution is 2.25. The van der Waals surface area contributed by atoms with Crippen molar-refractivity contribution in [2.75, 3.05) is 6.54 Å². The van der Waals surface area contributed by atoms with Gasteiger partial charge in [-0.25, -0.2) is 4.39 Å². The molecule has 1 aliphatic carbocycles. The van der Waals surface area contributed by atoms with E-state index in [-0.39, 0.29) is 11.7 Å². The molecule has 0 saturated heterocycles. The van der Waals surface area contributed by atoms with Crippen molar-refractivity contribution in [2.45, 2.75) is 19.3 Å². The molecule has 0 aromatic heterocycles. The van der Waals surface area contributed by atoms with Crippen molar-refractivity contribution in [3.63, 3.8) is 0 Å². The Balaban J connectivity index is 1.85. The summed E-state index contributed by atoms with van der Waals surface area (Å²) >= 11 is 0. The first kappa shape index (κ1) is 15.2. The number of rotatable bonds is 5. The first-order chi connectivity index (χ1) is 10.1. The van der Waals surface area contributed by atoms with Crippen LogP contribution in [-0.2, 0) is 16.0 Å². The molecule has 4 nitrogen and oxygen atoms in total. The SMILES string of the molecule is O=C(NCCc1ccc(F)cc1)[C@H]1CC=CC[C@H]1C(=O)O. The molecule has 0 unspecified atom stereocenters. The van der Waals surface area contributed by atoms with E-state index in [9.17, 15) is 14.0 Å². The maximum atomic E-state index is 12.8. The first-order valence-electron chi connectivity index (χ1n) is 6.98. The summed E-state index contributed by atoms with van der Waals surface area (Å²) < 4.78 is 12.8. The number of nitrogens with one attached hydrogen (secondary N) is 1. The number of hydrogen-bond donors (Lipinski definition) is 2. The number of amides is 1. The predicted molar refractivity (Wildman–Crippen MR) is 76.1 cm³/mol. The molecule has 2 rings (SSSR count). The van der Waals surface area contributed by atoms with Crippen LogP contribution in [0.2, 0.25) is 0 Å². The van der Waals surface area contributed by atoms with Crippen molar-refractivity contribution in [2.24, 2.45) is 11.8 Å². The smallest absolute Gasteiger partial charge is 0.307 e. The molecule has 112 valence electrons. The van der Waals surface area contributed by atoms with E-state index in [1.807, 2.05) is 6.08 Å². The number of carboxylic acids is 1. The van der Waals surface area contributed by atoms with Crippen molar-refractivity contribution < 1.29 is 19.1 Å². The second-order valence-electron chi connectivity index (χ2n) is 5.16. The Morgan fingerprint density at radius 2 is 1.76 bits per heavy atom. The van der Waals surface area contributed by atoms with E-state index in [4.69, 9.17) is 5.11 Å². The summed E-state index contributed by atoms with van der Waals surface area (Å²) in [6.45, 7) is 0.414. The number of hydrogen-bond acceptors (Lipinski definition) is 2. The Hall–Kier alpha value is -2.17. The number of aliphatic carboxylic acids is 1. The maximum Gasteiger partial charge on any atom is 0.307 e. The van der Waals surface area contributed by atoms with E-state index in [0.29, 0.717) is 25.8 Å². The van der Waals surface area contributed by atoms with Crippen molar-refractivity contribution in [1.29, 1.82) is 0 Å². The fraction of sp³-hybridized carbons (Fsp3) is 0.375. The second kappa shape index (κ2) is 7.02. The van der Waals surface area contributed by atoms with Crippen LogP contribution in [0.25, 0.3) is 0 Å².